The summed E-state index contributed by atoms with van der Waals surface area (Å²) < 4.78 is 3.10. The minimum atomic E-state index is -0.495. The van der Waals surface area contributed by atoms with Crippen molar-refractivity contribution in [1.29, 1.82) is 0 Å². The van der Waals surface area contributed by atoms with Gasteiger partial charge in [-0.25, -0.2) is 4.98 Å². The monoisotopic (exact) mass is 384 g/mol. The second kappa shape index (κ2) is 6.68. The number of imidazole rings is 1. The van der Waals surface area contributed by atoms with Crippen molar-refractivity contribution >= 4 is 23.2 Å². The zero-order valence-electron chi connectivity index (χ0n) is 14.4. The average molecular weight is 385 g/mol. The van der Waals surface area contributed by atoms with Crippen LogP contribution in [0.15, 0.2) is 54.1 Å². The maximum absolute atomic E-state index is 13.0. The molecule has 1 fully saturated rings. The van der Waals surface area contributed by atoms with Crippen LogP contribution >= 0.6 is 11.6 Å². The Kier molecular flexibility index (Phi) is 4.33. The van der Waals surface area contributed by atoms with E-state index in [1.165, 1.54) is 11.1 Å². The number of carbonyl (C=O) groups excluding carboxylic acids is 1. The van der Waals surface area contributed by atoms with Gasteiger partial charge in [-0.15, -0.1) is 6.58 Å². The minimum Gasteiger partial charge on any atom is -0.389 e. The van der Waals surface area contributed by atoms with Crippen LogP contribution in [-0.4, -0.2) is 49.1 Å². The van der Waals surface area contributed by atoms with Crippen LogP contribution in [0.1, 0.15) is 10.5 Å². The lowest BCUT2D eigenvalue weighted by molar-refractivity contribution is 0.00555. The van der Waals surface area contributed by atoms with E-state index in [2.05, 4.69) is 11.6 Å². The number of likely N-dealkylation sites (tertiary alicyclic amines) is 1. The molecule has 0 bridgehead atoms. The van der Waals surface area contributed by atoms with Crippen LogP contribution in [-0.2, 0) is 6.54 Å². The van der Waals surface area contributed by atoms with Crippen LogP contribution < -0.4 is 5.56 Å². The molecule has 4 rings (SSSR count). The van der Waals surface area contributed by atoms with E-state index in [1.807, 2.05) is 12.1 Å². The molecule has 138 valence electrons. The second-order valence-electron chi connectivity index (χ2n) is 6.45. The van der Waals surface area contributed by atoms with Gasteiger partial charge >= 0.3 is 0 Å². The number of nitrogens with zero attached hydrogens (tertiary/aromatic N) is 4. The third-order valence-electron chi connectivity index (χ3n) is 4.52. The molecular formula is C19H17ClN4O3. The molecule has 0 radical (unpaired) electrons. The van der Waals surface area contributed by atoms with Crippen molar-refractivity contribution < 1.29 is 9.90 Å². The van der Waals surface area contributed by atoms with Gasteiger partial charge in [-0.1, -0.05) is 29.8 Å². The number of aromatic nitrogens is 3. The molecule has 1 amide bonds. The molecule has 0 unspecified atom stereocenters. The topological polar surface area (TPSA) is 79.8 Å². The van der Waals surface area contributed by atoms with E-state index in [0.717, 1.165) is 5.56 Å². The van der Waals surface area contributed by atoms with Crippen molar-refractivity contribution in [3.8, 4) is 11.3 Å². The number of carbonyl (C=O) groups is 1. The first-order chi connectivity index (χ1) is 13.0. The molecule has 8 heteroatoms. The highest BCUT2D eigenvalue weighted by Crippen LogP contribution is 2.23. The Labute approximate surface area is 159 Å². The fourth-order valence-corrected chi connectivity index (χ4v) is 3.35. The van der Waals surface area contributed by atoms with Gasteiger partial charge in [-0.2, -0.15) is 0 Å². The lowest BCUT2D eigenvalue weighted by atomic mass is 10.1. The van der Waals surface area contributed by atoms with Gasteiger partial charge in [0.2, 0.25) is 5.65 Å². The van der Waals surface area contributed by atoms with E-state index < -0.39 is 6.10 Å². The van der Waals surface area contributed by atoms with E-state index in [9.17, 15) is 14.7 Å². The highest BCUT2D eigenvalue weighted by Gasteiger charge is 2.31. The third-order valence-corrected chi connectivity index (χ3v) is 4.76. The molecule has 1 saturated heterocycles. The molecule has 0 spiro atoms. The molecule has 1 aliphatic heterocycles. The predicted molar refractivity (Wildman–Crippen MR) is 102 cm³/mol. The number of amides is 1. The Hall–Kier alpha value is -2.90. The molecule has 27 heavy (non-hydrogen) atoms. The standard InChI is InChI=1S/C19H17ClN4O3/c1-2-6-24-16(12-4-3-5-13(20)7-12)11-22-10-15(21-17(22)19(24)27)18(26)23-8-14(25)9-23/h2-5,7,10-11,14,25H,1,6,8-9H2. The van der Waals surface area contributed by atoms with Gasteiger partial charge in [0, 0.05) is 42.6 Å². The van der Waals surface area contributed by atoms with E-state index in [4.69, 9.17) is 11.6 Å². The summed E-state index contributed by atoms with van der Waals surface area (Å²) in [6.07, 6.45) is 4.42. The second-order valence-corrected chi connectivity index (χ2v) is 6.89. The smallest absolute Gasteiger partial charge is 0.295 e. The van der Waals surface area contributed by atoms with E-state index in [1.54, 1.807) is 33.4 Å². The number of benzene rings is 1. The van der Waals surface area contributed by atoms with Crippen LogP contribution in [0, 0.1) is 0 Å². The summed E-state index contributed by atoms with van der Waals surface area (Å²) in [7, 11) is 0. The van der Waals surface area contributed by atoms with E-state index in [0.29, 0.717) is 17.3 Å². The van der Waals surface area contributed by atoms with Crippen molar-refractivity contribution in [1.82, 2.24) is 18.9 Å². The van der Waals surface area contributed by atoms with Gasteiger partial charge in [0.25, 0.3) is 11.5 Å². The van der Waals surface area contributed by atoms with E-state index in [-0.39, 0.29) is 35.9 Å². The molecule has 0 atom stereocenters. The lowest BCUT2D eigenvalue weighted by Gasteiger charge is -2.35. The number of β-amino-alcohol motifs (C(OH)–C–C–N with tert-alkyl or cyclic N) is 1. The molecule has 7 nitrogen and oxygen atoms in total. The van der Waals surface area contributed by atoms with Crippen LogP contribution in [0.25, 0.3) is 16.9 Å². The Morgan fingerprint density at radius 2 is 2.15 bits per heavy atom. The Balaban J connectivity index is 1.86. The lowest BCUT2D eigenvalue weighted by Crippen LogP contribution is -2.53. The van der Waals surface area contributed by atoms with Gasteiger partial charge in [0.05, 0.1) is 11.8 Å². The normalized spacial score (nSPS) is 14.4. The van der Waals surface area contributed by atoms with Crippen LogP contribution in [0.3, 0.4) is 0 Å². The first-order valence-corrected chi connectivity index (χ1v) is 8.82. The molecule has 3 aromatic rings. The van der Waals surface area contributed by atoms with Gasteiger partial charge in [-0.05, 0) is 12.1 Å². The van der Waals surface area contributed by atoms with Crippen molar-refractivity contribution in [2.75, 3.05) is 13.1 Å². The molecule has 1 aromatic carbocycles. The van der Waals surface area contributed by atoms with Gasteiger partial charge in [-0.3, -0.25) is 18.6 Å². The third kappa shape index (κ3) is 3.05. The summed E-state index contributed by atoms with van der Waals surface area (Å²) in [5.74, 6) is -0.303. The SMILES string of the molecule is C=CCn1c(-c2cccc(Cl)c2)cn2cc(C(=O)N3CC(O)C3)nc2c1=O. The van der Waals surface area contributed by atoms with Gasteiger partial charge in [0.15, 0.2) is 0 Å². The van der Waals surface area contributed by atoms with E-state index >= 15 is 0 Å². The van der Waals surface area contributed by atoms with Crippen molar-refractivity contribution in [2.24, 2.45) is 0 Å². The summed E-state index contributed by atoms with van der Waals surface area (Å²) in [6.45, 7) is 4.57. The fraction of sp³-hybridized carbons (Fsp3) is 0.211. The number of hydrogen-bond donors (Lipinski definition) is 1. The van der Waals surface area contributed by atoms with Crippen molar-refractivity contribution in [2.45, 2.75) is 12.6 Å². The highest BCUT2D eigenvalue weighted by atomic mass is 35.5. The van der Waals surface area contributed by atoms with Crippen molar-refractivity contribution in [3.05, 3.63) is 70.4 Å². The zero-order chi connectivity index (χ0) is 19.1. The van der Waals surface area contributed by atoms with Gasteiger partial charge in [0.1, 0.15) is 5.69 Å². The summed E-state index contributed by atoms with van der Waals surface area (Å²) in [5.41, 5.74) is 1.43. The molecule has 1 N–H and O–H groups in total. The van der Waals surface area contributed by atoms with Crippen LogP contribution in [0.4, 0.5) is 0 Å². The first kappa shape index (κ1) is 17.5. The van der Waals surface area contributed by atoms with Crippen LogP contribution in [0.2, 0.25) is 5.02 Å². The molecule has 2 aromatic heterocycles. The number of fused-ring (bicyclic) bond motifs is 1. The molecular weight excluding hydrogens is 368 g/mol. The number of aliphatic hydroxyl groups is 1. The quantitative estimate of drug-likeness (QED) is 0.696. The van der Waals surface area contributed by atoms with Crippen LogP contribution in [0.5, 0.6) is 0 Å². The number of allylic oxidation sites excluding steroid dienone is 1. The maximum atomic E-state index is 13.0. The molecule has 3 heterocycles. The maximum Gasteiger partial charge on any atom is 0.295 e. The average Bonchev–Trinajstić information content (AvgIpc) is 3.05. The molecule has 1 aliphatic rings. The molecule has 0 saturated carbocycles. The number of aliphatic hydroxyl groups excluding tert-OH is 1. The van der Waals surface area contributed by atoms with Gasteiger partial charge < -0.3 is 10.0 Å². The predicted octanol–water partition coefficient (Wildman–Crippen LogP) is 1.82. The fourth-order valence-electron chi connectivity index (χ4n) is 3.16. The number of rotatable bonds is 4. The zero-order valence-corrected chi connectivity index (χ0v) is 15.1. The summed E-state index contributed by atoms with van der Waals surface area (Å²) in [6, 6.07) is 7.19. The Morgan fingerprint density at radius 3 is 2.81 bits per heavy atom. The minimum absolute atomic E-state index is 0.159. The first-order valence-electron chi connectivity index (χ1n) is 8.44. The Morgan fingerprint density at radius 1 is 1.37 bits per heavy atom. The number of halogens is 1. The highest BCUT2D eigenvalue weighted by molar-refractivity contribution is 6.30. The number of hydrogen-bond acceptors (Lipinski definition) is 4. The summed E-state index contributed by atoms with van der Waals surface area (Å²) >= 11 is 6.10. The summed E-state index contributed by atoms with van der Waals surface area (Å²) in [4.78, 5) is 31.2. The Bertz CT molecular complexity index is 1110. The molecule has 0 aliphatic carbocycles. The largest absolute Gasteiger partial charge is 0.389 e. The summed E-state index contributed by atoms with van der Waals surface area (Å²) in [5, 5.41) is 9.94. The van der Waals surface area contributed by atoms with Crippen molar-refractivity contribution in [3.63, 3.8) is 0 Å².